The smallest absolute Gasteiger partial charge is 0.408 e. The monoisotopic (exact) mass is 319 g/mol. The molecule has 0 spiro atoms. The van der Waals surface area contributed by atoms with Crippen LogP contribution >= 0.6 is 0 Å². The first kappa shape index (κ1) is 16.1. The fraction of sp³-hybridized carbons (Fsp3) is 0.286. The van der Waals surface area contributed by atoms with Crippen molar-refractivity contribution in [2.45, 2.75) is 25.8 Å². The van der Waals surface area contributed by atoms with Crippen molar-refractivity contribution in [1.29, 1.82) is 0 Å². The Balaban J connectivity index is 1.74. The molecule has 1 amide bonds. The van der Waals surface area contributed by atoms with Gasteiger partial charge in [-0.3, -0.25) is 0 Å². The van der Waals surface area contributed by atoms with E-state index in [-0.39, 0.29) is 17.9 Å². The molecule has 2 aromatic carbocycles. The maximum atomic E-state index is 12.1. The Hall–Kier alpha value is -2.73. The topological polar surface area (TPSA) is 38.3 Å². The molecule has 0 heterocycles. The van der Waals surface area contributed by atoms with Gasteiger partial charge in [-0.1, -0.05) is 68.3 Å². The van der Waals surface area contributed by atoms with Crippen molar-refractivity contribution in [1.82, 2.24) is 5.32 Å². The average molecular weight is 319 g/mol. The van der Waals surface area contributed by atoms with Crippen LogP contribution in [0.1, 0.15) is 30.9 Å². The van der Waals surface area contributed by atoms with E-state index in [9.17, 15) is 4.79 Å². The number of rotatable bonds is 4. The van der Waals surface area contributed by atoms with Crippen LogP contribution in [0.2, 0.25) is 0 Å². The third kappa shape index (κ3) is 3.00. The lowest BCUT2D eigenvalue weighted by Gasteiger charge is -2.18. The van der Waals surface area contributed by atoms with Gasteiger partial charge < -0.3 is 10.1 Å². The predicted molar refractivity (Wildman–Crippen MR) is 95.7 cm³/mol. The highest BCUT2D eigenvalue weighted by Crippen LogP contribution is 2.44. The second-order valence-electron chi connectivity index (χ2n) is 6.36. The van der Waals surface area contributed by atoms with Crippen molar-refractivity contribution in [3.8, 4) is 23.5 Å². The summed E-state index contributed by atoms with van der Waals surface area (Å²) >= 11 is 0. The van der Waals surface area contributed by atoms with Crippen LogP contribution in [-0.2, 0) is 4.74 Å². The Bertz CT molecular complexity index is 743. The van der Waals surface area contributed by atoms with E-state index in [2.05, 4.69) is 35.5 Å². The van der Waals surface area contributed by atoms with Crippen molar-refractivity contribution in [3.63, 3.8) is 0 Å². The summed E-state index contributed by atoms with van der Waals surface area (Å²) in [6.45, 7) is 4.23. The highest BCUT2D eigenvalue weighted by atomic mass is 16.5. The van der Waals surface area contributed by atoms with Gasteiger partial charge in [0.15, 0.2) is 0 Å². The zero-order valence-electron chi connectivity index (χ0n) is 14.0. The van der Waals surface area contributed by atoms with E-state index in [0.717, 1.165) is 0 Å². The molecule has 3 nitrogen and oxygen atoms in total. The van der Waals surface area contributed by atoms with Crippen molar-refractivity contribution < 1.29 is 9.53 Å². The Morgan fingerprint density at radius 2 is 1.67 bits per heavy atom. The van der Waals surface area contributed by atoms with Gasteiger partial charge in [0, 0.05) is 5.92 Å². The Labute approximate surface area is 143 Å². The lowest BCUT2D eigenvalue weighted by Crippen LogP contribution is -2.38. The summed E-state index contributed by atoms with van der Waals surface area (Å²) in [5.74, 6) is 2.80. The van der Waals surface area contributed by atoms with Crippen LogP contribution in [0.4, 0.5) is 4.79 Å². The minimum Gasteiger partial charge on any atom is -0.449 e. The second kappa shape index (κ2) is 6.80. The normalized spacial score (nSPS) is 13.8. The van der Waals surface area contributed by atoms with E-state index in [1.165, 1.54) is 22.3 Å². The van der Waals surface area contributed by atoms with E-state index in [1.807, 2.05) is 38.1 Å². The summed E-state index contributed by atoms with van der Waals surface area (Å²) in [5.41, 5.74) is 4.82. The summed E-state index contributed by atoms with van der Waals surface area (Å²) in [7, 11) is 0. The number of terminal acetylenes is 1. The number of hydrogen-bond acceptors (Lipinski definition) is 2. The average Bonchev–Trinajstić information content (AvgIpc) is 2.91. The van der Waals surface area contributed by atoms with Crippen LogP contribution in [0.5, 0.6) is 0 Å². The number of carbonyl (C=O) groups is 1. The molecule has 0 saturated carbocycles. The fourth-order valence-electron chi connectivity index (χ4n) is 3.17. The molecule has 2 aromatic rings. The molecule has 24 heavy (non-hydrogen) atoms. The van der Waals surface area contributed by atoms with Gasteiger partial charge in [-0.2, -0.15) is 0 Å². The van der Waals surface area contributed by atoms with Crippen LogP contribution in [0.15, 0.2) is 48.5 Å². The first-order valence-corrected chi connectivity index (χ1v) is 8.19. The van der Waals surface area contributed by atoms with Crippen molar-refractivity contribution >= 4 is 6.09 Å². The lowest BCUT2D eigenvalue weighted by molar-refractivity contribution is 0.139. The number of benzene rings is 2. The molecular formula is C21H21NO2. The number of alkyl carbamates (subject to hydrolysis) is 1. The maximum absolute atomic E-state index is 12.1. The summed E-state index contributed by atoms with van der Waals surface area (Å²) in [4.78, 5) is 12.1. The first-order valence-electron chi connectivity index (χ1n) is 8.19. The van der Waals surface area contributed by atoms with Gasteiger partial charge in [0.25, 0.3) is 0 Å². The van der Waals surface area contributed by atoms with Crippen molar-refractivity contribution in [3.05, 3.63) is 59.7 Å². The molecular weight excluding hydrogens is 298 g/mol. The third-order valence-electron chi connectivity index (χ3n) is 4.46. The summed E-state index contributed by atoms with van der Waals surface area (Å²) < 4.78 is 5.48. The number of hydrogen-bond donors (Lipinski definition) is 1. The van der Waals surface area contributed by atoms with Crippen LogP contribution in [0, 0.1) is 18.3 Å². The highest BCUT2D eigenvalue weighted by Gasteiger charge is 2.29. The Morgan fingerprint density at radius 3 is 2.17 bits per heavy atom. The van der Waals surface area contributed by atoms with Gasteiger partial charge in [-0.15, -0.1) is 6.42 Å². The van der Waals surface area contributed by atoms with E-state index < -0.39 is 6.09 Å². The van der Waals surface area contributed by atoms with Gasteiger partial charge >= 0.3 is 6.09 Å². The lowest BCUT2D eigenvalue weighted by atomic mass is 9.98. The zero-order chi connectivity index (χ0) is 17.1. The van der Waals surface area contributed by atoms with Gasteiger partial charge in [0.1, 0.15) is 6.61 Å². The minimum atomic E-state index is -0.464. The molecule has 0 aliphatic heterocycles. The maximum Gasteiger partial charge on any atom is 0.408 e. The van der Waals surface area contributed by atoms with Crippen LogP contribution in [-0.4, -0.2) is 18.7 Å². The molecule has 0 aromatic heterocycles. The molecule has 0 saturated heterocycles. The van der Waals surface area contributed by atoms with Crippen molar-refractivity contribution in [2.24, 2.45) is 5.92 Å². The fourth-order valence-corrected chi connectivity index (χ4v) is 3.17. The predicted octanol–water partition coefficient (Wildman–Crippen LogP) is 4.18. The number of carbonyl (C=O) groups excluding carboxylic acids is 1. The zero-order valence-corrected chi connectivity index (χ0v) is 14.0. The molecule has 1 N–H and O–H groups in total. The van der Waals surface area contributed by atoms with Crippen LogP contribution < -0.4 is 5.32 Å². The molecule has 0 radical (unpaired) electrons. The third-order valence-corrected chi connectivity index (χ3v) is 4.46. The standard InChI is InChI=1S/C21H21NO2/c1-4-20(14(2)3)22-21(23)24-13-19-17-11-7-5-9-15(17)16-10-6-8-12-18(16)19/h1,5-12,14,19-20H,13H2,2-3H3,(H,22,23)/t20-/m0/s1. The number of ether oxygens (including phenoxy) is 1. The molecule has 3 heteroatoms. The number of amides is 1. The van der Waals surface area contributed by atoms with Gasteiger partial charge in [0.05, 0.1) is 6.04 Å². The number of nitrogens with one attached hydrogen (secondary N) is 1. The molecule has 1 aliphatic carbocycles. The van der Waals surface area contributed by atoms with Crippen molar-refractivity contribution in [2.75, 3.05) is 6.61 Å². The molecule has 0 fully saturated rings. The van der Waals surface area contributed by atoms with E-state index in [1.54, 1.807) is 0 Å². The second-order valence-corrected chi connectivity index (χ2v) is 6.36. The van der Waals surface area contributed by atoms with E-state index in [4.69, 9.17) is 11.2 Å². The van der Waals surface area contributed by atoms with E-state index >= 15 is 0 Å². The van der Waals surface area contributed by atoms with Gasteiger partial charge in [-0.05, 0) is 28.2 Å². The quantitative estimate of drug-likeness (QED) is 0.859. The molecule has 3 rings (SSSR count). The molecule has 0 unspecified atom stereocenters. The Kier molecular flexibility index (Phi) is 4.57. The summed E-state index contributed by atoms with van der Waals surface area (Å²) in [6, 6.07) is 16.2. The summed E-state index contributed by atoms with van der Waals surface area (Å²) in [6.07, 6.45) is 4.98. The SMILES string of the molecule is C#C[C@H](NC(=O)OCC1c2ccccc2-c2ccccc21)C(C)C. The number of fused-ring (bicyclic) bond motifs is 3. The highest BCUT2D eigenvalue weighted by molar-refractivity contribution is 5.79. The van der Waals surface area contributed by atoms with Crippen LogP contribution in [0.25, 0.3) is 11.1 Å². The van der Waals surface area contributed by atoms with Crippen LogP contribution in [0.3, 0.4) is 0 Å². The Morgan fingerprint density at radius 1 is 1.12 bits per heavy atom. The molecule has 1 atom stereocenters. The molecule has 1 aliphatic rings. The van der Waals surface area contributed by atoms with Gasteiger partial charge in [0.2, 0.25) is 0 Å². The minimum absolute atomic E-state index is 0.0616. The van der Waals surface area contributed by atoms with Gasteiger partial charge in [-0.25, -0.2) is 4.79 Å². The largest absolute Gasteiger partial charge is 0.449 e. The summed E-state index contributed by atoms with van der Waals surface area (Å²) in [5, 5.41) is 2.74. The molecule has 122 valence electrons. The molecule has 0 bridgehead atoms. The first-order chi connectivity index (χ1) is 11.6. The van der Waals surface area contributed by atoms with E-state index in [0.29, 0.717) is 6.61 Å².